The molecular weight excluding hydrogens is 267 g/mol. The Bertz CT molecular complexity index is 721. The van der Waals surface area contributed by atoms with Crippen LogP contribution in [0.2, 0.25) is 0 Å². The van der Waals surface area contributed by atoms with E-state index in [4.69, 9.17) is 0 Å². The highest BCUT2D eigenvalue weighted by molar-refractivity contribution is 5.48. The molecule has 0 fully saturated rings. The van der Waals surface area contributed by atoms with E-state index >= 15 is 0 Å². The van der Waals surface area contributed by atoms with E-state index in [-0.39, 0.29) is 5.82 Å². The lowest BCUT2D eigenvalue weighted by atomic mass is 10.1. The van der Waals surface area contributed by atoms with Crippen LogP contribution in [0, 0.1) is 12.7 Å². The zero-order valence-corrected chi connectivity index (χ0v) is 11.6. The minimum Gasteiger partial charge on any atom is -0.381 e. The van der Waals surface area contributed by atoms with Crippen LogP contribution in [0.15, 0.2) is 54.9 Å². The molecule has 0 aliphatic carbocycles. The van der Waals surface area contributed by atoms with Crippen LogP contribution in [-0.4, -0.2) is 15.0 Å². The van der Waals surface area contributed by atoms with Crippen molar-refractivity contribution in [2.24, 2.45) is 0 Å². The van der Waals surface area contributed by atoms with E-state index in [1.54, 1.807) is 29.3 Å². The molecule has 0 spiro atoms. The van der Waals surface area contributed by atoms with Gasteiger partial charge in [0.05, 0.1) is 18.1 Å². The van der Waals surface area contributed by atoms with Crippen LogP contribution in [0.25, 0.3) is 5.69 Å². The molecule has 0 bridgehead atoms. The summed E-state index contributed by atoms with van der Waals surface area (Å²) < 4.78 is 13.2. The first kappa shape index (κ1) is 13.3. The summed E-state index contributed by atoms with van der Waals surface area (Å²) in [7, 11) is 0. The predicted molar refractivity (Wildman–Crippen MR) is 79.8 cm³/mol. The van der Waals surface area contributed by atoms with Crippen LogP contribution in [-0.2, 0) is 6.54 Å². The van der Waals surface area contributed by atoms with Gasteiger partial charge in [0.25, 0.3) is 0 Å². The number of aromatic nitrogens is 3. The highest BCUT2D eigenvalue weighted by atomic mass is 19.1. The third kappa shape index (κ3) is 3.08. The molecule has 0 saturated carbocycles. The van der Waals surface area contributed by atoms with Gasteiger partial charge in [0.1, 0.15) is 5.82 Å². The van der Waals surface area contributed by atoms with Gasteiger partial charge in [0.2, 0.25) is 0 Å². The number of halogens is 1. The number of benzene rings is 2. The van der Waals surface area contributed by atoms with Crippen LogP contribution in [0.4, 0.5) is 10.1 Å². The van der Waals surface area contributed by atoms with Crippen molar-refractivity contribution < 1.29 is 4.39 Å². The maximum atomic E-state index is 13.2. The summed E-state index contributed by atoms with van der Waals surface area (Å²) in [6, 6.07) is 12.6. The first-order chi connectivity index (χ1) is 10.2. The van der Waals surface area contributed by atoms with Gasteiger partial charge in [0, 0.05) is 12.2 Å². The summed E-state index contributed by atoms with van der Waals surface area (Å²) in [5.74, 6) is -0.211. The second-order valence-corrected chi connectivity index (χ2v) is 4.79. The third-order valence-corrected chi connectivity index (χ3v) is 3.31. The Morgan fingerprint density at radius 3 is 2.48 bits per heavy atom. The van der Waals surface area contributed by atoms with Gasteiger partial charge in [-0.1, -0.05) is 6.07 Å². The monoisotopic (exact) mass is 282 g/mol. The lowest BCUT2D eigenvalue weighted by molar-refractivity contribution is 0.625. The third-order valence-electron chi connectivity index (χ3n) is 3.31. The molecule has 0 aliphatic rings. The smallest absolute Gasteiger partial charge is 0.123 e. The molecule has 0 unspecified atom stereocenters. The minimum absolute atomic E-state index is 0.211. The second-order valence-electron chi connectivity index (χ2n) is 4.79. The van der Waals surface area contributed by atoms with Crippen molar-refractivity contribution in [1.29, 1.82) is 0 Å². The van der Waals surface area contributed by atoms with Crippen LogP contribution >= 0.6 is 0 Å². The number of anilines is 1. The fraction of sp³-hybridized carbons (Fsp3) is 0.125. The van der Waals surface area contributed by atoms with Gasteiger partial charge in [0.15, 0.2) is 0 Å². The predicted octanol–water partition coefficient (Wildman–Crippen LogP) is 3.33. The lowest BCUT2D eigenvalue weighted by Gasteiger charge is -2.10. The average molecular weight is 282 g/mol. The van der Waals surface area contributed by atoms with Crippen LogP contribution in [0.3, 0.4) is 0 Å². The van der Waals surface area contributed by atoms with Crippen molar-refractivity contribution in [3.63, 3.8) is 0 Å². The van der Waals surface area contributed by atoms with Crippen LogP contribution in [0.1, 0.15) is 11.1 Å². The molecule has 106 valence electrons. The van der Waals surface area contributed by atoms with Gasteiger partial charge in [-0.15, -0.1) is 0 Å². The topological polar surface area (TPSA) is 42.7 Å². The quantitative estimate of drug-likeness (QED) is 0.798. The molecule has 4 nitrogen and oxygen atoms in total. The van der Waals surface area contributed by atoms with Crippen LogP contribution in [0.5, 0.6) is 0 Å². The summed E-state index contributed by atoms with van der Waals surface area (Å²) in [6.07, 6.45) is 3.28. The number of nitrogens with one attached hydrogen (secondary N) is 1. The fourth-order valence-electron chi connectivity index (χ4n) is 2.09. The first-order valence-electron chi connectivity index (χ1n) is 6.68. The highest BCUT2D eigenvalue weighted by Gasteiger charge is 2.02. The maximum absolute atomic E-state index is 13.2. The summed E-state index contributed by atoms with van der Waals surface area (Å²) in [5.41, 5.74) is 3.89. The number of nitrogens with zero attached hydrogens (tertiary/aromatic N) is 3. The Balaban J connectivity index is 1.70. The molecule has 0 amide bonds. The molecule has 0 saturated heterocycles. The summed E-state index contributed by atoms with van der Waals surface area (Å²) in [4.78, 5) is 1.56. The Morgan fingerprint density at radius 1 is 1.05 bits per heavy atom. The van der Waals surface area contributed by atoms with Crippen molar-refractivity contribution in [2.45, 2.75) is 13.5 Å². The van der Waals surface area contributed by atoms with Crippen molar-refractivity contribution in [2.75, 3.05) is 5.32 Å². The van der Waals surface area contributed by atoms with Crippen molar-refractivity contribution >= 4 is 5.69 Å². The zero-order valence-electron chi connectivity index (χ0n) is 11.6. The molecule has 2 aromatic carbocycles. The standard InChI is InChI=1S/C16H15FN4/c1-12-2-3-14(17)10-13(12)11-18-15-4-6-16(7-5-15)21-19-8-9-20-21/h2-10,18H,11H2,1H3. The normalized spacial score (nSPS) is 10.6. The summed E-state index contributed by atoms with van der Waals surface area (Å²) in [5, 5.41) is 11.4. The molecule has 3 rings (SSSR count). The summed E-state index contributed by atoms with van der Waals surface area (Å²) >= 11 is 0. The Morgan fingerprint density at radius 2 is 1.76 bits per heavy atom. The maximum Gasteiger partial charge on any atom is 0.123 e. The molecule has 1 heterocycles. The largest absolute Gasteiger partial charge is 0.381 e. The van der Waals surface area contributed by atoms with Crippen molar-refractivity contribution in [1.82, 2.24) is 15.0 Å². The van der Waals surface area contributed by atoms with Gasteiger partial charge in [-0.2, -0.15) is 15.0 Å². The fourth-order valence-corrected chi connectivity index (χ4v) is 2.09. The summed E-state index contributed by atoms with van der Waals surface area (Å²) in [6.45, 7) is 2.56. The number of aryl methyl sites for hydroxylation is 1. The number of rotatable bonds is 4. The molecule has 1 aromatic heterocycles. The Labute approximate surface area is 122 Å². The van der Waals surface area contributed by atoms with E-state index in [1.165, 1.54) is 6.07 Å². The van der Waals surface area contributed by atoms with E-state index in [2.05, 4.69) is 15.5 Å². The molecule has 0 radical (unpaired) electrons. The van der Waals surface area contributed by atoms with Gasteiger partial charge in [-0.25, -0.2) is 4.39 Å². The number of hydrogen-bond donors (Lipinski definition) is 1. The van der Waals surface area contributed by atoms with Gasteiger partial charge in [-0.3, -0.25) is 0 Å². The molecule has 0 atom stereocenters. The van der Waals surface area contributed by atoms with E-state index in [1.807, 2.05) is 31.2 Å². The molecule has 5 heteroatoms. The number of hydrogen-bond acceptors (Lipinski definition) is 3. The van der Waals surface area contributed by atoms with Gasteiger partial charge in [-0.05, 0) is 54.4 Å². The molecule has 3 aromatic rings. The van der Waals surface area contributed by atoms with Gasteiger partial charge >= 0.3 is 0 Å². The Hall–Kier alpha value is -2.69. The Kier molecular flexibility index (Phi) is 3.64. The average Bonchev–Trinajstić information content (AvgIpc) is 3.03. The highest BCUT2D eigenvalue weighted by Crippen LogP contribution is 2.15. The lowest BCUT2D eigenvalue weighted by Crippen LogP contribution is -2.03. The van der Waals surface area contributed by atoms with E-state index in [9.17, 15) is 4.39 Å². The van der Waals surface area contributed by atoms with Crippen molar-refractivity contribution in [3.05, 3.63) is 71.8 Å². The first-order valence-corrected chi connectivity index (χ1v) is 6.68. The van der Waals surface area contributed by atoms with E-state index in [0.29, 0.717) is 6.54 Å². The molecule has 21 heavy (non-hydrogen) atoms. The van der Waals surface area contributed by atoms with Crippen LogP contribution < -0.4 is 5.32 Å². The van der Waals surface area contributed by atoms with E-state index in [0.717, 1.165) is 22.5 Å². The minimum atomic E-state index is -0.211. The second kappa shape index (κ2) is 5.75. The molecule has 1 N–H and O–H groups in total. The van der Waals surface area contributed by atoms with Crippen molar-refractivity contribution in [3.8, 4) is 5.69 Å². The zero-order chi connectivity index (χ0) is 14.7. The molecular formula is C16H15FN4. The molecule has 0 aliphatic heterocycles. The van der Waals surface area contributed by atoms with E-state index < -0.39 is 0 Å². The van der Waals surface area contributed by atoms with Gasteiger partial charge < -0.3 is 5.32 Å². The SMILES string of the molecule is Cc1ccc(F)cc1CNc1ccc(-n2nccn2)cc1.